The highest BCUT2D eigenvalue weighted by Crippen LogP contribution is 2.43. The minimum Gasteiger partial charge on any atom is -0.462 e. The van der Waals surface area contributed by atoms with Gasteiger partial charge < -0.3 is 20.1 Å². The lowest BCUT2D eigenvalue weighted by Crippen LogP contribution is -2.29. The van der Waals surface area contributed by atoms with Crippen molar-refractivity contribution in [1.29, 1.82) is 0 Å². The Kier molecular flexibility index (Phi) is 38.1. The molecule has 0 saturated carbocycles. The highest BCUT2D eigenvalue weighted by molar-refractivity contribution is 7.47. The van der Waals surface area contributed by atoms with Crippen molar-refractivity contribution < 1.29 is 37.6 Å². The highest BCUT2D eigenvalue weighted by Gasteiger charge is 2.26. The number of ether oxygens (including phenoxy) is 2. The van der Waals surface area contributed by atoms with Crippen molar-refractivity contribution in [2.45, 2.75) is 187 Å². The van der Waals surface area contributed by atoms with E-state index >= 15 is 0 Å². The van der Waals surface area contributed by atoms with Crippen LogP contribution in [0.3, 0.4) is 0 Å². The summed E-state index contributed by atoms with van der Waals surface area (Å²) in [6, 6.07) is 0. The molecule has 1 unspecified atom stereocenters. The van der Waals surface area contributed by atoms with Gasteiger partial charge in [-0.2, -0.15) is 0 Å². The van der Waals surface area contributed by atoms with E-state index in [-0.39, 0.29) is 32.6 Å². The average Bonchev–Trinajstić information content (AvgIpc) is 3.14. The summed E-state index contributed by atoms with van der Waals surface area (Å²) < 4.78 is 32.7. The van der Waals surface area contributed by atoms with Crippen LogP contribution in [0.5, 0.6) is 0 Å². The van der Waals surface area contributed by atoms with Gasteiger partial charge in [0.2, 0.25) is 0 Å². The molecule has 0 spiro atoms. The van der Waals surface area contributed by atoms with Crippen LogP contribution in [-0.2, 0) is 32.7 Å². The van der Waals surface area contributed by atoms with E-state index in [1.165, 1.54) is 83.5 Å². The molecule has 0 aromatic rings. The monoisotopic (exact) mass is 768 g/mol. The fraction of sp³-hybridized carbons (Fsp3) is 0.767. The van der Waals surface area contributed by atoms with Crippen LogP contribution in [0.15, 0.2) is 48.6 Å². The van der Waals surface area contributed by atoms with E-state index in [0.717, 1.165) is 57.8 Å². The number of nitrogens with two attached hydrogens (primary N) is 1. The maximum atomic E-state index is 12.6. The van der Waals surface area contributed by atoms with Gasteiger partial charge in [0, 0.05) is 19.4 Å². The number of esters is 2. The van der Waals surface area contributed by atoms with Crippen LogP contribution in [-0.4, -0.2) is 49.3 Å². The van der Waals surface area contributed by atoms with Crippen LogP contribution in [0.1, 0.15) is 181 Å². The predicted octanol–water partition coefficient (Wildman–Crippen LogP) is 11.9. The van der Waals surface area contributed by atoms with Crippen LogP contribution < -0.4 is 5.73 Å². The maximum Gasteiger partial charge on any atom is 0.472 e. The average molecular weight is 768 g/mol. The van der Waals surface area contributed by atoms with Crippen LogP contribution >= 0.6 is 7.82 Å². The molecule has 53 heavy (non-hydrogen) atoms. The number of hydrogen-bond acceptors (Lipinski definition) is 8. The molecule has 0 heterocycles. The van der Waals surface area contributed by atoms with Gasteiger partial charge in [-0.3, -0.25) is 18.6 Å². The molecular weight excluding hydrogens is 689 g/mol. The summed E-state index contributed by atoms with van der Waals surface area (Å²) in [7, 11) is -4.38. The van der Waals surface area contributed by atoms with Gasteiger partial charge in [0.25, 0.3) is 0 Å². The Morgan fingerprint density at radius 2 is 1.00 bits per heavy atom. The summed E-state index contributed by atoms with van der Waals surface area (Å²) >= 11 is 0. The van der Waals surface area contributed by atoms with E-state index in [4.69, 9.17) is 24.3 Å². The Hall–Kier alpha value is -2.03. The molecule has 0 aromatic heterocycles. The molecule has 0 bridgehead atoms. The minimum atomic E-state index is -4.38. The Bertz CT molecular complexity index is 1010. The fourth-order valence-corrected chi connectivity index (χ4v) is 6.27. The van der Waals surface area contributed by atoms with E-state index < -0.39 is 32.5 Å². The first-order valence-electron chi connectivity index (χ1n) is 21.1. The second-order valence-corrected chi connectivity index (χ2v) is 15.3. The number of carbonyl (C=O) groups excluding carboxylic acids is 2. The second kappa shape index (κ2) is 39.7. The van der Waals surface area contributed by atoms with E-state index in [2.05, 4.69) is 62.5 Å². The number of allylic oxidation sites excluding steroid dienone is 8. The minimum absolute atomic E-state index is 0.0485. The van der Waals surface area contributed by atoms with Crippen molar-refractivity contribution in [1.82, 2.24) is 0 Å². The lowest BCUT2D eigenvalue weighted by Gasteiger charge is -2.19. The van der Waals surface area contributed by atoms with Crippen LogP contribution in [0, 0.1) is 0 Å². The molecule has 10 heteroatoms. The number of rotatable bonds is 39. The first kappa shape index (κ1) is 51.0. The third-order valence-corrected chi connectivity index (χ3v) is 9.67. The molecule has 308 valence electrons. The highest BCUT2D eigenvalue weighted by atomic mass is 31.2. The van der Waals surface area contributed by atoms with Crippen molar-refractivity contribution in [2.75, 3.05) is 26.4 Å². The van der Waals surface area contributed by atoms with Gasteiger partial charge >= 0.3 is 19.8 Å². The van der Waals surface area contributed by atoms with E-state index in [1.54, 1.807) is 0 Å². The molecule has 0 rings (SSSR count). The molecule has 0 fully saturated rings. The number of phosphoric ester groups is 1. The summed E-state index contributed by atoms with van der Waals surface area (Å²) in [6.45, 7) is 3.64. The van der Waals surface area contributed by atoms with Gasteiger partial charge in [-0.1, -0.05) is 146 Å². The Labute approximate surface area is 324 Å². The SMILES string of the molecule is CCCC/C=C/CCCCCCCCCCCC(=O)O[C@H](COC(=O)CCCCCC/C=C/C/C=C/C/C=C/CCCCC)COP(=O)(O)OCCN. The molecule has 9 nitrogen and oxygen atoms in total. The quantitative estimate of drug-likeness (QED) is 0.0271. The standard InChI is InChI=1S/C43H78NO8P/c1-3-5-7-9-11-13-15-17-19-20-22-23-25-27-29-31-33-35-42(45)49-39-41(40-51-53(47,48)50-38-37-44)52-43(46)36-34-32-30-28-26-24-21-18-16-14-12-10-8-6-4-2/h10-13,17,19,22-23,41H,3-9,14-16,18,20-21,24-40,44H2,1-2H3,(H,47,48)/b12-10+,13-11+,19-17+,23-22+/t41-/m1/s1. The first-order chi connectivity index (χ1) is 25.8. The van der Waals surface area contributed by atoms with Crippen LogP contribution in [0.25, 0.3) is 0 Å². The molecule has 0 amide bonds. The van der Waals surface area contributed by atoms with Crippen molar-refractivity contribution in [3.05, 3.63) is 48.6 Å². The molecular formula is C43H78NO8P. The summed E-state index contributed by atoms with van der Waals surface area (Å²) in [6.07, 6.45) is 44.2. The maximum absolute atomic E-state index is 12.6. The van der Waals surface area contributed by atoms with Crippen molar-refractivity contribution in [3.63, 3.8) is 0 Å². The number of carbonyl (C=O) groups is 2. The number of phosphoric acid groups is 1. The third-order valence-electron chi connectivity index (χ3n) is 8.69. The molecule has 3 N–H and O–H groups in total. The zero-order valence-corrected chi connectivity index (χ0v) is 34.6. The summed E-state index contributed by atoms with van der Waals surface area (Å²) in [5, 5.41) is 0. The zero-order valence-electron chi connectivity index (χ0n) is 33.7. The largest absolute Gasteiger partial charge is 0.472 e. The molecule has 0 saturated heterocycles. The van der Waals surface area contributed by atoms with Crippen molar-refractivity contribution in [3.8, 4) is 0 Å². The Morgan fingerprint density at radius 1 is 0.566 bits per heavy atom. The van der Waals surface area contributed by atoms with Crippen LogP contribution in [0.2, 0.25) is 0 Å². The van der Waals surface area contributed by atoms with E-state index in [1.807, 2.05) is 0 Å². The van der Waals surface area contributed by atoms with Gasteiger partial charge in [0.05, 0.1) is 13.2 Å². The fourth-order valence-electron chi connectivity index (χ4n) is 5.50. The van der Waals surface area contributed by atoms with Crippen molar-refractivity contribution >= 4 is 19.8 Å². The van der Waals surface area contributed by atoms with Crippen molar-refractivity contribution in [2.24, 2.45) is 5.73 Å². The first-order valence-corrected chi connectivity index (χ1v) is 22.6. The molecule has 0 radical (unpaired) electrons. The van der Waals surface area contributed by atoms with Gasteiger partial charge in [-0.05, 0) is 70.6 Å². The molecule has 2 atom stereocenters. The number of unbranched alkanes of at least 4 members (excludes halogenated alkanes) is 18. The molecule has 0 aliphatic carbocycles. The molecule has 0 aliphatic rings. The van der Waals surface area contributed by atoms with Gasteiger partial charge in [0.1, 0.15) is 6.61 Å². The lowest BCUT2D eigenvalue weighted by molar-refractivity contribution is -0.161. The van der Waals surface area contributed by atoms with Gasteiger partial charge in [-0.15, -0.1) is 0 Å². The van der Waals surface area contributed by atoms with Crippen LogP contribution in [0.4, 0.5) is 0 Å². The second-order valence-electron chi connectivity index (χ2n) is 13.8. The topological polar surface area (TPSA) is 134 Å². The number of hydrogen-bond donors (Lipinski definition) is 2. The normalized spacial score (nSPS) is 13.8. The zero-order chi connectivity index (χ0) is 38.9. The van der Waals surface area contributed by atoms with E-state index in [9.17, 15) is 19.0 Å². The van der Waals surface area contributed by atoms with E-state index in [0.29, 0.717) is 12.8 Å². The summed E-state index contributed by atoms with van der Waals surface area (Å²) in [5.74, 6) is -0.858. The van der Waals surface area contributed by atoms with Gasteiger partial charge in [0.15, 0.2) is 6.10 Å². The summed E-state index contributed by atoms with van der Waals surface area (Å²) in [4.78, 5) is 34.8. The van der Waals surface area contributed by atoms with Gasteiger partial charge in [-0.25, -0.2) is 4.57 Å². The lowest BCUT2D eigenvalue weighted by atomic mass is 10.1. The smallest absolute Gasteiger partial charge is 0.462 e. The Morgan fingerprint density at radius 3 is 1.53 bits per heavy atom. The molecule has 0 aliphatic heterocycles. The molecule has 0 aromatic carbocycles. The third kappa shape index (κ3) is 39.5. The predicted molar refractivity (Wildman–Crippen MR) is 220 cm³/mol. The summed E-state index contributed by atoms with van der Waals surface area (Å²) in [5.41, 5.74) is 5.34. The Balaban J connectivity index is 4.21.